The quantitative estimate of drug-likeness (QED) is 0.702. The van der Waals surface area contributed by atoms with Crippen molar-refractivity contribution in [2.24, 2.45) is 0 Å². The molecule has 0 spiro atoms. The van der Waals surface area contributed by atoms with Gasteiger partial charge in [0.25, 0.3) is 0 Å². The molecule has 0 aliphatic heterocycles. The molecule has 2 aliphatic carbocycles. The van der Waals surface area contributed by atoms with Crippen molar-refractivity contribution in [1.29, 1.82) is 0 Å². The van der Waals surface area contributed by atoms with Crippen LogP contribution in [0.5, 0.6) is 0 Å². The summed E-state index contributed by atoms with van der Waals surface area (Å²) in [5, 5.41) is 5.58. The lowest BCUT2D eigenvalue weighted by atomic mass is 10.1. The van der Waals surface area contributed by atoms with Crippen LogP contribution in [0.3, 0.4) is 0 Å². The maximum absolute atomic E-state index is 6.30. The van der Waals surface area contributed by atoms with Crippen LogP contribution in [0, 0.1) is 0 Å². The molecule has 0 saturated heterocycles. The van der Waals surface area contributed by atoms with Gasteiger partial charge in [0.05, 0.1) is 11.7 Å². The first-order valence-electron chi connectivity index (χ1n) is 6.59. The number of hydrogen-bond donors (Lipinski definition) is 0. The zero-order valence-corrected chi connectivity index (χ0v) is 10.4. The molecule has 2 fully saturated rings. The highest BCUT2D eigenvalue weighted by molar-refractivity contribution is 6.29. The van der Waals surface area contributed by atoms with Gasteiger partial charge in [-0.15, -0.1) is 0 Å². The van der Waals surface area contributed by atoms with E-state index in [4.69, 9.17) is 16.7 Å². The maximum atomic E-state index is 6.30. The minimum absolute atomic E-state index is 0.558. The summed E-state index contributed by atoms with van der Waals surface area (Å²) < 4.78 is 2.10. The Bertz CT molecular complexity index is 360. The first-order valence-corrected chi connectivity index (χ1v) is 6.97. The van der Waals surface area contributed by atoms with Crippen LogP contribution in [-0.2, 0) is 0 Å². The summed E-state index contributed by atoms with van der Waals surface area (Å²) in [6.45, 7) is 0. The molecule has 0 aromatic carbocycles. The Morgan fingerprint density at radius 2 is 1.75 bits per heavy atom. The van der Waals surface area contributed by atoms with Crippen LogP contribution >= 0.6 is 11.6 Å². The van der Waals surface area contributed by atoms with Crippen molar-refractivity contribution in [2.45, 2.75) is 63.3 Å². The number of hydrogen-bond acceptors (Lipinski definition) is 1. The van der Waals surface area contributed by atoms with Crippen LogP contribution in [0.1, 0.15) is 69.0 Å². The highest BCUT2D eigenvalue weighted by atomic mass is 35.5. The summed E-state index contributed by atoms with van der Waals surface area (Å²) >= 11 is 6.30. The Hall–Kier alpha value is -0.500. The molecular formula is C13H19ClN2. The van der Waals surface area contributed by atoms with E-state index < -0.39 is 0 Å². The zero-order chi connectivity index (χ0) is 11.0. The molecule has 0 N–H and O–H groups in total. The molecule has 0 bridgehead atoms. The van der Waals surface area contributed by atoms with E-state index in [1.54, 1.807) is 0 Å². The molecule has 0 amide bonds. The normalized spacial score (nSPS) is 23.3. The minimum atomic E-state index is 0.558. The average Bonchev–Trinajstić information content (AvgIpc) is 3.08. The SMILES string of the molecule is Clc1cc(C2CC2)nn1C1CCCCCC1. The number of nitrogens with zero attached hydrogens (tertiary/aromatic N) is 2. The lowest BCUT2D eigenvalue weighted by molar-refractivity contribution is 0.403. The maximum Gasteiger partial charge on any atom is 0.127 e. The first-order chi connectivity index (χ1) is 7.84. The molecule has 0 atom stereocenters. The van der Waals surface area contributed by atoms with Gasteiger partial charge in [-0.1, -0.05) is 37.3 Å². The third-order valence-corrected chi connectivity index (χ3v) is 4.16. The average molecular weight is 239 g/mol. The van der Waals surface area contributed by atoms with Gasteiger partial charge in [0.15, 0.2) is 0 Å². The molecule has 1 heterocycles. The van der Waals surface area contributed by atoms with E-state index in [1.165, 1.54) is 57.1 Å². The summed E-state index contributed by atoms with van der Waals surface area (Å²) in [6, 6.07) is 2.65. The second-order valence-corrected chi connectivity index (χ2v) is 5.64. The van der Waals surface area contributed by atoms with E-state index >= 15 is 0 Å². The molecule has 2 saturated carbocycles. The molecule has 2 nitrogen and oxygen atoms in total. The molecule has 3 heteroatoms. The van der Waals surface area contributed by atoms with Gasteiger partial charge in [-0.05, 0) is 31.7 Å². The van der Waals surface area contributed by atoms with Crippen molar-refractivity contribution < 1.29 is 0 Å². The van der Waals surface area contributed by atoms with E-state index in [1.807, 2.05) is 0 Å². The molecule has 2 aliphatic rings. The van der Waals surface area contributed by atoms with Gasteiger partial charge in [0.1, 0.15) is 5.15 Å². The molecule has 3 rings (SSSR count). The van der Waals surface area contributed by atoms with Crippen molar-refractivity contribution >= 4 is 11.6 Å². The fourth-order valence-electron chi connectivity index (χ4n) is 2.73. The van der Waals surface area contributed by atoms with Crippen molar-refractivity contribution in [3.63, 3.8) is 0 Å². The Balaban J connectivity index is 1.80. The smallest absolute Gasteiger partial charge is 0.127 e. The van der Waals surface area contributed by atoms with E-state index in [9.17, 15) is 0 Å². The van der Waals surface area contributed by atoms with Gasteiger partial charge in [-0.3, -0.25) is 4.68 Å². The van der Waals surface area contributed by atoms with Crippen LogP contribution in [0.4, 0.5) is 0 Å². The lowest BCUT2D eigenvalue weighted by Gasteiger charge is -2.15. The van der Waals surface area contributed by atoms with Crippen molar-refractivity contribution in [3.8, 4) is 0 Å². The predicted octanol–water partition coefficient (Wildman–Crippen LogP) is 4.31. The Morgan fingerprint density at radius 3 is 2.38 bits per heavy atom. The standard InChI is InChI=1S/C13H19ClN2/c14-13-9-12(10-7-8-10)15-16(13)11-5-3-1-2-4-6-11/h9-11H,1-8H2. The fourth-order valence-corrected chi connectivity index (χ4v) is 3.01. The highest BCUT2D eigenvalue weighted by Gasteiger charge is 2.28. The summed E-state index contributed by atoms with van der Waals surface area (Å²) in [4.78, 5) is 0. The Morgan fingerprint density at radius 1 is 1.06 bits per heavy atom. The van der Waals surface area contributed by atoms with Gasteiger partial charge >= 0.3 is 0 Å². The minimum Gasteiger partial charge on any atom is -0.251 e. The number of halogens is 1. The van der Waals surface area contributed by atoms with Crippen LogP contribution in [0.25, 0.3) is 0 Å². The third-order valence-electron chi connectivity index (χ3n) is 3.88. The van der Waals surface area contributed by atoms with Crippen LogP contribution in [0.15, 0.2) is 6.07 Å². The van der Waals surface area contributed by atoms with E-state index in [0.717, 1.165) is 5.15 Å². The second-order valence-electron chi connectivity index (χ2n) is 5.26. The van der Waals surface area contributed by atoms with Gasteiger partial charge in [-0.2, -0.15) is 5.10 Å². The molecule has 0 radical (unpaired) electrons. The highest BCUT2D eigenvalue weighted by Crippen LogP contribution is 2.41. The number of aromatic nitrogens is 2. The van der Waals surface area contributed by atoms with Gasteiger partial charge in [0.2, 0.25) is 0 Å². The fraction of sp³-hybridized carbons (Fsp3) is 0.769. The summed E-state index contributed by atoms with van der Waals surface area (Å²) in [5.41, 5.74) is 1.23. The van der Waals surface area contributed by atoms with Gasteiger partial charge in [0, 0.05) is 5.92 Å². The molecule has 16 heavy (non-hydrogen) atoms. The summed E-state index contributed by atoms with van der Waals surface area (Å²) in [7, 11) is 0. The van der Waals surface area contributed by atoms with E-state index in [0.29, 0.717) is 12.0 Å². The van der Waals surface area contributed by atoms with E-state index in [2.05, 4.69) is 10.7 Å². The van der Waals surface area contributed by atoms with Crippen LogP contribution < -0.4 is 0 Å². The van der Waals surface area contributed by atoms with Crippen molar-refractivity contribution in [3.05, 3.63) is 16.9 Å². The topological polar surface area (TPSA) is 17.8 Å². The van der Waals surface area contributed by atoms with Crippen LogP contribution in [-0.4, -0.2) is 9.78 Å². The van der Waals surface area contributed by atoms with Crippen molar-refractivity contribution in [2.75, 3.05) is 0 Å². The first kappa shape index (κ1) is 10.6. The largest absolute Gasteiger partial charge is 0.251 e. The van der Waals surface area contributed by atoms with Crippen molar-refractivity contribution in [1.82, 2.24) is 9.78 Å². The zero-order valence-electron chi connectivity index (χ0n) is 9.66. The summed E-state index contributed by atoms with van der Waals surface area (Å²) in [6.07, 6.45) is 10.5. The third kappa shape index (κ3) is 2.13. The number of rotatable bonds is 2. The second kappa shape index (κ2) is 4.40. The van der Waals surface area contributed by atoms with Gasteiger partial charge < -0.3 is 0 Å². The van der Waals surface area contributed by atoms with E-state index in [-0.39, 0.29) is 0 Å². The molecule has 0 unspecified atom stereocenters. The molecule has 1 aromatic rings. The van der Waals surface area contributed by atoms with Gasteiger partial charge in [-0.25, -0.2) is 0 Å². The summed E-state index contributed by atoms with van der Waals surface area (Å²) in [5.74, 6) is 0.713. The molecule has 1 aromatic heterocycles. The molecular weight excluding hydrogens is 220 g/mol. The monoisotopic (exact) mass is 238 g/mol. The Kier molecular flexibility index (Phi) is 2.93. The molecule has 88 valence electrons. The Labute approximate surface area is 102 Å². The lowest BCUT2D eigenvalue weighted by Crippen LogP contribution is -2.10. The van der Waals surface area contributed by atoms with Crippen LogP contribution in [0.2, 0.25) is 5.15 Å². The predicted molar refractivity (Wildman–Crippen MR) is 66.0 cm³/mol.